The van der Waals surface area contributed by atoms with Crippen molar-refractivity contribution >= 4 is 5.96 Å². The molecule has 0 radical (unpaired) electrons. The van der Waals surface area contributed by atoms with Gasteiger partial charge in [-0.1, -0.05) is 35.0 Å². The molecule has 2 N–H and O–H groups in total. The van der Waals surface area contributed by atoms with E-state index in [9.17, 15) is 0 Å². The largest absolute Gasteiger partial charge is 0.371 e. The van der Waals surface area contributed by atoms with Gasteiger partial charge in [0.2, 0.25) is 5.89 Å². The molecule has 0 amide bonds. The molecule has 1 unspecified atom stereocenters. The summed E-state index contributed by atoms with van der Waals surface area (Å²) in [6.45, 7) is 10.2. The topological polar surface area (TPSA) is 87.8 Å². The summed E-state index contributed by atoms with van der Waals surface area (Å²) >= 11 is 0. The van der Waals surface area contributed by atoms with E-state index >= 15 is 0 Å². The summed E-state index contributed by atoms with van der Waals surface area (Å²) in [6, 6.07) is 9.17. The average Bonchev–Trinajstić information content (AvgIpc) is 3.22. The number of hydrogen-bond donors (Lipinski definition) is 2. The van der Waals surface area contributed by atoms with E-state index in [1.807, 2.05) is 13.8 Å². The number of hydrogen-bond acceptors (Lipinski definition) is 6. The van der Waals surface area contributed by atoms with Crippen LogP contribution < -0.4 is 10.6 Å². The van der Waals surface area contributed by atoms with Gasteiger partial charge < -0.3 is 19.9 Å². The van der Waals surface area contributed by atoms with Crippen molar-refractivity contribution in [2.45, 2.75) is 58.8 Å². The summed E-state index contributed by atoms with van der Waals surface area (Å²) in [5, 5.41) is 10.8. The van der Waals surface area contributed by atoms with Crippen LogP contribution in [0.1, 0.15) is 55.6 Å². The number of benzene rings is 1. The first-order chi connectivity index (χ1) is 14.6. The quantitative estimate of drug-likeness (QED) is 0.507. The number of likely N-dealkylation sites (tertiary alicyclic amines) is 1. The SMILES string of the molecule is CCOC(C)c1noc(CNC(=NC)NC2CCN(Cc3cccc(C)c3)CC2)n1. The number of rotatable bonds is 8. The maximum Gasteiger partial charge on any atom is 0.246 e. The average molecular weight is 415 g/mol. The number of ether oxygens (including phenoxy) is 1. The number of nitrogens with one attached hydrogen (secondary N) is 2. The Labute approximate surface area is 179 Å². The number of aromatic nitrogens is 2. The molecule has 1 aliphatic rings. The molecule has 0 spiro atoms. The summed E-state index contributed by atoms with van der Waals surface area (Å²) in [5.74, 6) is 1.84. The molecule has 164 valence electrons. The molecule has 1 saturated heterocycles. The monoisotopic (exact) mass is 414 g/mol. The number of guanidine groups is 1. The first-order valence-corrected chi connectivity index (χ1v) is 10.8. The molecule has 0 aliphatic carbocycles. The number of aryl methyl sites for hydroxylation is 1. The van der Waals surface area contributed by atoms with Gasteiger partial charge in [-0.2, -0.15) is 4.98 Å². The summed E-state index contributed by atoms with van der Waals surface area (Å²) in [5.41, 5.74) is 2.70. The smallest absolute Gasteiger partial charge is 0.246 e. The van der Waals surface area contributed by atoms with Gasteiger partial charge in [-0.3, -0.25) is 9.89 Å². The first kappa shape index (κ1) is 22.2. The highest BCUT2D eigenvalue weighted by Gasteiger charge is 2.20. The van der Waals surface area contributed by atoms with Gasteiger partial charge in [0.05, 0.1) is 6.54 Å². The predicted molar refractivity (Wildman–Crippen MR) is 117 cm³/mol. The van der Waals surface area contributed by atoms with E-state index in [4.69, 9.17) is 9.26 Å². The molecule has 0 saturated carbocycles. The third-order valence-corrected chi connectivity index (χ3v) is 5.31. The minimum absolute atomic E-state index is 0.171. The lowest BCUT2D eigenvalue weighted by atomic mass is 10.0. The lowest BCUT2D eigenvalue weighted by molar-refractivity contribution is 0.0683. The van der Waals surface area contributed by atoms with Crippen LogP contribution in [0, 0.1) is 6.92 Å². The second-order valence-electron chi connectivity index (χ2n) is 7.75. The van der Waals surface area contributed by atoms with Crippen molar-refractivity contribution in [3.63, 3.8) is 0 Å². The van der Waals surface area contributed by atoms with Crippen molar-refractivity contribution in [2.75, 3.05) is 26.7 Å². The maximum atomic E-state index is 5.49. The zero-order chi connectivity index (χ0) is 21.3. The molecule has 1 aromatic carbocycles. The summed E-state index contributed by atoms with van der Waals surface area (Å²) < 4.78 is 10.8. The predicted octanol–water partition coefficient (Wildman–Crippen LogP) is 2.81. The van der Waals surface area contributed by atoms with E-state index in [1.54, 1.807) is 7.05 Å². The van der Waals surface area contributed by atoms with E-state index < -0.39 is 0 Å². The molecule has 1 aromatic heterocycles. The highest BCUT2D eigenvalue weighted by molar-refractivity contribution is 5.79. The van der Waals surface area contributed by atoms with Crippen molar-refractivity contribution in [1.29, 1.82) is 0 Å². The number of aliphatic imine (C=N–C) groups is 1. The highest BCUT2D eigenvalue weighted by atomic mass is 16.5. The van der Waals surface area contributed by atoms with Gasteiger partial charge in [-0.25, -0.2) is 0 Å². The van der Waals surface area contributed by atoms with Crippen LogP contribution >= 0.6 is 0 Å². The Hall–Kier alpha value is -2.45. The van der Waals surface area contributed by atoms with E-state index in [0.717, 1.165) is 38.4 Å². The van der Waals surface area contributed by atoms with Crippen LogP contribution in [0.4, 0.5) is 0 Å². The Bertz CT molecular complexity index is 813. The molecule has 0 bridgehead atoms. The van der Waals surface area contributed by atoms with Crippen LogP contribution in [0.15, 0.2) is 33.8 Å². The van der Waals surface area contributed by atoms with E-state index in [1.165, 1.54) is 11.1 Å². The Balaban J connectivity index is 1.41. The van der Waals surface area contributed by atoms with E-state index in [-0.39, 0.29) is 6.10 Å². The third kappa shape index (κ3) is 6.53. The molecule has 3 rings (SSSR count). The lowest BCUT2D eigenvalue weighted by Gasteiger charge is -2.33. The van der Waals surface area contributed by atoms with Crippen LogP contribution in [-0.4, -0.2) is 53.8 Å². The third-order valence-electron chi connectivity index (χ3n) is 5.31. The second kappa shape index (κ2) is 11.1. The van der Waals surface area contributed by atoms with Crippen LogP contribution in [0.25, 0.3) is 0 Å². The fraction of sp³-hybridized carbons (Fsp3) is 0.591. The molecular weight excluding hydrogens is 380 g/mol. The minimum Gasteiger partial charge on any atom is -0.371 e. The lowest BCUT2D eigenvalue weighted by Crippen LogP contribution is -2.48. The van der Waals surface area contributed by atoms with Gasteiger partial charge in [0.1, 0.15) is 6.10 Å². The van der Waals surface area contributed by atoms with Crippen molar-refractivity contribution in [2.24, 2.45) is 4.99 Å². The standard InChI is InChI=1S/C22H34N6O2/c1-5-29-17(3)21-26-20(30-27-21)14-24-22(23-4)25-19-9-11-28(12-10-19)15-18-8-6-7-16(2)13-18/h6-8,13,17,19H,5,9-12,14-15H2,1-4H3,(H2,23,24,25). The van der Waals surface area contributed by atoms with Crippen molar-refractivity contribution in [3.05, 3.63) is 47.1 Å². The van der Waals surface area contributed by atoms with Crippen LogP contribution in [0.3, 0.4) is 0 Å². The Morgan fingerprint density at radius 2 is 2.17 bits per heavy atom. The van der Waals surface area contributed by atoms with E-state index in [2.05, 4.69) is 61.9 Å². The van der Waals surface area contributed by atoms with Crippen LogP contribution in [0.5, 0.6) is 0 Å². The van der Waals surface area contributed by atoms with Crippen LogP contribution in [-0.2, 0) is 17.8 Å². The fourth-order valence-electron chi connectivity index (χ4n) is 3.68. The summed E-state index contributed by atoms with van der Waals surface area (Å²) in [7, 11) is 1.78. The molecule has 1 fully saturated rings. The fourth-order valence-corrected chi connectivity index (χ4v) is 3.68. The summed E-state index contributed by atoms with van der Waals surface area (Å²) in [6.07, 6.45) is 2.00. The molecule has 1 atom stereocenters. The summed E-state index contributed by atoms with van der Waals surface area (Å²) in [4.78, 5) is 11.2. The Kier molecular flexibility index (Phi) is 8.21. The van der Waals surface area contributed by atoms with Crippen molar-refractivity contribution in [3.8, 4) is 0 Å². The van der Waals surface area contributed by atoms with E-state index in [0.29, 0.717) is 30.9 Å². The van der Waals surface area contributed by atoms with Crippen molar-refractivity contribution < 1.29 is 9.26 Å². The zero-order valence-electron chi connectivity index (χ0n) is 18.5. The number of nitrogens with zero attached hydrogens (tertiary/aromatic N) is 4. The highest BCUT2D eigenvalue weighted by Crippen LogP contribution is 2.15. The van der Waals surface area contributed by atoms with Gasteiger partial charge in [0.15, 0.2) is 11.8 Å². The maximum absolute atomic E-state index is 5.49. The molecule has 8 nitrogen and oxygen atoms in total. The normalized spacial score (nSPS) is 17.1. The van der Waals surface area contributed by atoms with Gasteiger partial charge in [-0.15, -0.1) is 0 Å². The van der Waals surface area contributed by atoms with Gasteiger partial charge >= 0.3 is 0 Å². The minimum atomic E-state index is -0.171. The molecule has 8 heteroatoms. The van der Waals surface area contributed by atoms with Crippen LogP contribution in [0.2, 0.25) is 0 Å². The van der Waals surface area contributed by atoms with Gasteiger partial charge in [-0.05, 0) is 39.2 Å². The molecule has 2 aromatic rings. The van der Waals surface area contributed by atoms with Gasteiger partial charge in [0.25, 0.3) is 0 Å². The second-order valence-corrected chi connectivity index (χ2v) is 7.75. The number of piperidine rings is 1. The molecular formula is C22H34N6O2. The Morgan fingerprint density at radius 3 is 2.87 bits per heavy atom. The molecule has 2 heterocycles. The molecule has 1 aliphatic heterocycles. The zero-order valence-corrected chi connectivity index (χ0v) is 18.5. The van der Waals surface area contributed by atoms with Crippen molar-refractivity contribution in [1.82, 2.24) is 25.7 Å². The first-order valence-electron chi connectivity index (χ1n) is 10.8. The van der Waals surface area contributed by atoms with Gasteiger partial charge in [0, 0.05) is 39.3 Å². The Morgan fingerprint density at radius 1 is 1.37 bits per heavy atom. The molecule has 30 heavy (non-hydrogen) atoms.